The lowest BCUT2D eigenvalue weighted by Crippen LogP contribution is -2.53. The van der Waals surface area contributed by atoms with Crippen LogP contribution in [0.4, 0.5) is 0 Å². The third-order valence-electron chi connectivity index (χ3n) is 5.66. The monoisotopic (exact) mass is 444 g/mol. The van der Waals surface area contributed by atoms with Gasteiger partial charge in [0, 0.05) is 43.6 Å². The van der Waals surface area contributed by atoms with Crippen molar-refractivity contribution in [3.63, 3.8) is 0 Å². The Morgan fingerprint density at radius 2 is 1.81 bits per heavy atom. The second kappa shape index (κ2) is 11.3. The van der Waals surface area contributed by atoms with Gasteiger partial charge in [-0.1, -0.05) is 18.2 Å². The number of thiophene rings is 1. The Morgan fingerprint density at radius 1 is 1.10 bits per heavy atom. The minimum Gasteiger partial charge on any atom is -0.497 e. The van der Waals surface area contributed by atoms with Gasteiger partial charge in [0.15, 0.2) is 0 Å². The molecular weight excluding hydrogens is 412 g/mol. The Labute approximate surface area is 188 Å². The van der Waals surface area contributed by atoms with Gasteiger partial charge in [0.2, 0.25) is 0 Å². The zero-order valence-corrected chi connectivity index (χ0v) is 19.3. The Bertz CT molecular complexity index is 833. The molecule has 0 radical (unpaired) electrons. The van der Waals surface area contributed by atoms with E-state index in [0.29, 0.717) is 13.0 Å². The van der Waals surface area contributed by atoms with Crippen molar-refractivity contribution in [1.29, 1.82) is 0 Å². The summed E-state index contributed by atoms with van der Waals surface area (Å²) in [7, 11) is 3.75. The summed E-state index contributed by atoms with van der Waals surface area (Å²) in [6.07, 6.45) is 0.650. The highest BCUT2D eigenvalue weighted by atomic mass is 32.1. The number of benzene rings is 1. The summed E-state index contributed by atoms with van der Waals surface area (Å²) in [4.78, 5) is 30.8. The summed E-state index contributed by atoms with van der Waals surface area (Å²) in [5, 5.41) is 7.70. The van der Waals surface area contributed by atoms with Crippen molar-refractivity contribution < 1.29 is 14.3 Å². The summed E-state index contributed by atoms with van der Waals surface area (Å²) in [6, 6.07) is 11.7. The Kier molecular flexibility index (Phi) is 8.45. The molecule has 8 heteroatoms. The predicted molar refractivity (Wildman–Crippen MR) is 123 cm³/mol. The molecule has 0 unspecified atom stereocenters. The molecule has 1 saturated heterocycles. The highest BCUT2D eigenvalue weighted by Crippen LogP contribution is 2.29. The molecule has 31 heavy (non-hydrogen) atoms. The zero-order valence-electron chi connectivity index (χ0n) is 18.5. The first kappa shape index (κ1) is 23.2. The summed E-state index contributed by atoms with van der Waals surface area (Å²) < 4.78 is 5.15. The number of rotatable bonds is 8. The van der Waals surface area contributed by atoms with Gasteiger partial charge >= 0.3 is 11.8 Å². The first-order valence-electron chi connectivity index (χ1n) is 10.7. The van der Waals surface area contributed by atoms with Gasteiger partial charge < -0.3 is 20.3 Å². The Morgan fingerprint density at radius 3 is 2.42 bits per heavy atom. The number of piperazine rings is 1. The van der Waals surface area contributed by atoms with E-state index in [1.165, 1.54) is 4.88 Å². The van der Waals surface area contributed by atoms with Crippen LogP contribution < -0.4 is 15.4 Å². The molecular formula is C23H32N4O3S. The fourth-order valence-corrected chi connectivity index (χ4v) is 4.81. The number of carbonyl (C=O) groups excluding carboxylic acids is 2. The number of hydrogen-bond acceptors (Lipinski definition) is 6. The highest BCUT2D eigenvalue weighted by molar-refractivity contribution is 7.10. The molecule has 2 atom stereocenters. The van der Waals surface area contributed by atoms with Crippen LogP contribution in [0.1, 0.15) is 23.4 Å². The van der Waals surface area contributed by atoms with E-state index in [9.17, 15) is 9.59 Å². The van der Waals surface area contributed by atoms with E-state index in [1.54, 1.807) is 18.4 Å². The predicted octanol–water partition coefficient (Wildman–Crippen LogP) is 1.91. The van der Waals surface area contributed by atoms with Crippen LogP contribution in [-0.4, -0.2) is 74.5 Å². The van der Waals surface area contributed by atoms with E-state index in [1.807, 2.05) is 37.3 Å². The number of hydrogen-bond donors (Lipinski definition) is 2. The van der Waals surface area contributed by atoms with Gasteiger partial charge in [-0.15, -0.1) is 11.3 Å². The van der Waals surface area contributed by atoms with Crippen molar-refractivity contribution >= 4 is 23.2 Å². The lowest BCUT2D eigenvalue weighted by Gasteiger charge is -2.40. The van der Waals surface area contributed by atoms with E-state index in [4.69, 9.17) is 4.74 Å². The van der Waals surface area contributed by atoms with E-state index >= 15 is 0 Å². The minimum atomic E-state index is -0.594. The molecule has 2 heterocycles. The minimum absolute atomic E-state index is 0.0600. The molecule has 2 amide bonds. The number of carbonyl (C=O) groups is 2. The average molecular weight is 445 g/mol. The van der Waals surface area contributed by atoms with Crippen LogP contribution >= 0.6 is 11.3 Å². The lowest BCUT2D eigenvalue weighted by molar-refractivity contribution is -0.139. The molecule has 2 aromatic rings. The number of amides is 2. The van der Waals surface area contributed by atoms with Gasteiger partial charge in [-0.05, 0) is 49.5 Å². The molecule has 1 aliphatic heterocycles. The number of nitrogens with one attached hydrogen (secondary N) is 2. The number of ether oxygens (including phenoxy) is 1. The van der Waals surface area contributed by atoms with Crippen molar-refractivity contribution in [2.75, 3.05) is 46.9 Å². The molecule has 2 N–H and O–H groups in total. The van der Waals surface area contributed by atoms with Gasteiger partial charge in [-0.3, -0.25) is 14.5 Å². The summed E-state index contributed by atoms with van der Waals surface area (Å²) in [5.41, 5.74) is 1.07. The molecule has 3 rings (SSSR count). The number of methoxy groups -OCH3 is 1. The molecule has 0 aliphatic carbocycles. The van der Waals surface area contributed by atoms with Crippen molar-refractivity contribution in [2.24, 2.45) is 0 Å². The fraction of sp³-hybridized carbons (Fsp3) is 0.478. The van der Waals surface area contributed by atoms with Crippen molar-refractivity contribution in [3.05, 3.63) is 52.2 Å². The highest BCUT2D eigenvalue weighted by Gasteiger charge is 2.31. The van der Waals surface area contributed by atoms with Crippen LogP contribution in [0.5, 0.6) is 5.75 Å². The molecule has 1 fully saturated rings. The van der Waals surface area contributed by atoms with E-state index < -0.39 is 11.8 Å². The van der Waals surface area contributed by atoms with Crippen LogP contribution in [0.2, 0.25) is 0 Å². The van der Waals surface area contributed by atoms with Crippen LogP contribution in [0, 0.1) is 0 Å². The van der Waals surface area contributed by atoms with Gasteiger partial charge in [-0.25, -0.2) is 0 Å². The van der Waals surface area contributed by atoms with Gasteiger partial charge in [-0.2, -0.15) is 0 Å². The van der Waals surface area contributed by atoms with Crippen LogP contribution in [-0.2, 0) is 16.0 Å². The van der Waals surface area contributed by atoms with Gasteiger partial charge in [0.05, 0.1) is 13.2 Å². The molecule has 7 nitrogen and oxygen atoms in total. The van der Waals surface area contributed by atoms with Crippen molar-refractivity contribution in [3.8, 4) is 5.75 Å². The zero-order chi connectivity index (χ0) is 22.2. The molecule has 0 saturated carbocycles. The van der Waals surface area contributed by atoms with E-state index in [2.05, 4.69) is 38.9 Å². The van der Waals surface area contributed by atoms with Crippen LogP contribution in [0.25, 0.3) is 0 Å². The third kappa shape index (κ3) is 6.53. The lowest BCUT2D eigenvalue weighted by atomic mass is 10.0. The van der Waals surface area contributed by atoms with Gasteiger partial charge in [0.1, 0.15) is 5.75 Å². The summed E-state index contributed by atoms with van der Waals surface area (Å²) in [6.45, 7) is 6.24. The molecule has 0 bridgehead atoms. The van der Waals surface area contributed by atoms with Crippen LogP contribution in [0.3, 0.4) is 0 Å². The fourth-order valence-electron chi connectivity index (χ4n) is 3.85. The second-order valence-corrected chi connectivity index (χ2v) is 8.89. The standard InChI is InChI=1S/C23H32N4O3S/c1-17(21(20-5-4-16-31-20)27-14-12-26(2)13-15-27)25-23(29)22(28)24-11-10-18-6-8-19(30-3)9-7-18/h4-9,16-17,21H,10-15H2,1-3H3,(H,24,28)(H,25,29)/t17-,21+/m1/s1. The summed E-state index contributed by atoms with van der Waals surface area (Å²) >= 11 is 1.69. The van der Waals surface area contributed by atoms with E-state index in [0.717, 1.165) is 37.5 Å². The summed E-state index contributed by atoms with van der Waals surface area (Å²) in [5.74, 6) is -0.386. The molecule has 1 aromatic heterocycles. The first-order valence-corrected chi connectivity index (χ1v) is 11.5. The van der Waals surface area contributed by atoms with Crippen molar-refractivity contribution in [1.82, 2.24) is 20.4 Å². The second-order valence-electron chi connectivity index (χ2n) is 7.92. The average Bonchev–Trinajstić information content (AvgIpc) is 3.30. The molecule has 168 valence electrons. The topological polar surface area (TPSA) is 73.9 Å². The third-order valence-corrected chi connectivity index (χ3v) is 6.61. The maximum Gasteiger partial charge on any atom is 0.309 e. The van der Waals surface area contributed by atoms with Crippen molar-refractivity contribution in [2.45, 2.75) is 25.4 Å². The molecule has 0 spiro atoms. The van der Waals surface area contributed by atoms with Crippen LogP contribution in [0.15, 0.2) is 41.8 Å². The quantitative estimate of drug-likeness (QED) is 0.609. The maximum absolute atomic E-state index is 12.5. The molecule has 1 aliphatic rings. The Hall–Kier alpha value is -2.42. The number of likely N-dealkylation sites (N-methyl/N-ethyl adjacent to an activating group) is 1. The Balaban J connectivity index is 1.52. The van der Waals surface area contributed by atoms with E-state index in [-0.39, 0.29) is 12.1 Å². The normalized spacial score (nSPS) is 17.0. The largest absolute Gasteiger partial charge is 0.497 e. The number of nitrogens with zero attached hydrogens (tertiary/aromatic N) is 2. The smallest absolute Gasteiger partial charge is 0.309 e. The SMILES string of the molecule is COc1ccc(CCNC(=O)C(=O)N[C@H](C)[C@@H](c2cccs2)N2CCN(C)CC2)cc1. The maximum atomic E-state index is 12.5. The molecule has 1 aromatic carbocycles. The first-order chi connectivity index (χ1) is 15.0. The van der Waals surface area contributed by atoms with Gasteiger partial charge in [0.25, 0.3) is 0 Å².